The van der Waals surface area contributed by atoms with E-state index in [0.29, 0.717) is 0 Å². The first kappa shape index (κ1) is 21.2. The zero-order valence-electron chi connectivity index (χ0n) is 9.10. The first-order valence-corrected chi connectivity index (χ1v) is 4.30. The maximum Gasteiger partial charge on any atom is 0 e. The van der Waals surface area contributed by atoms with Gasteiger partial charge in [-0.15, -0.1) is 0 Å². The fourth-order valence-electron chi connectivity index (χ4n) is 0.513. The molecular weight excluding hydrogens is 259 g/mol. The van der Waals surface area contributed by atoms with E-state index >= 15 is 0 Å². The summed E-state index contributed by atoms with van der Waals surface area (Å²) in [4.78, 5) is 0. The van der Waals surface area contributed by atoms with Gasteiger partial charge in [0.05, 0.1) is 0 Å². The summed E-state index contributed by atoms with van der Waals surface area (Å²) in [6, 6.07) is 0. The normalized spacial score (nSPS) is 15.2. The second kappa shape index (κ2) is 24.2. The fourth-order valence-corrected chi connectivity index (χ4v) is 0.513. The van der Waals surface area contributed by atoms with E-state index in [1.54, 1.807) is 0 Å². The topological polar surface area (TPSA) is 0 Å². The summed E-state index contributed by atoms with van der Waals surface area (Å²) < 4.78 is 0. The molecule has 1 rings (SSSR count). The summed E-state index contributed by atoms with van der Waals surface area (Å²) in [6.45, 7) is 13.0. The van der Waals surface area contributed by atoms with Crippen molar-refractivity contribution in [3.63, 3.8) is 0 Å². The molecule has 1 fully saturated rings. The average molecular weight is 278 g/mol. The largest absolute Gasteiger partial charge is 0.0499 e. The summed E-state index contributed by atoms with van der Waals surface area (Å²) >= 11 is 0. The van der Waals surface area contributed by atoms with E-state index in [1.807, 2.05) is 51.4 Å². The van der Waals surface area contributed by atoms with E-state index < -0.39 is 0 Å². The van der Waals surface area contributed by atoms with E-state index in [1.165, 1.54) is 12.8 Å². The van der Waals surface area contributed by atoms with Gasteiger partial charge in [-0.3, -0.25) is 0 Å². The van der Waals surface area contributed by atoms with Gasteiger partial charge in [0.25, 0.3) is 0 Å². The monoisotopic (exact) mass is 276 g/mol. The summed E-state index contributed by atoms with van der Waals surface area (Å²) in [5, 5.41) is 0. The summed E-state index contributed by atoms with van der Waals surface area (Å²) in [7, 11) is 0. The third kappa shape index (κ3) is 31.3. The van der Waals surface area contributed by atoms with Gasteiger partial charge < -0.3 is 0 Å². The van der Waals surface area contributed by atoms with Crippen LogP contribution in [0, 0.1) is 91.9 Å². The minimum Gasteiger partial charge on any atom is -0.0499 e. The Kier molecular flexibility index (Phi) is 34.2. The molecule has 78 valence electrons. The Balaban J connectivity index is -0.000000177. The predicted octanol–water partition coefficient (Wildman–Crippen LogP) is 3.35. The van der Waals surface area contributed by atoms with Crippen LogP contribution in [0.1, 0.15) is 0 Å². The van der Waals surface area contributed by atoms with Crippen molar-refractivity contribution in [3.05, 3.63) is 91.9 Å². The molecule has 0 bridgehead atoms. The smallest absolute Gasteiger partial charge is 0 e. The Morgan fingerprint density at radius 3 is 0.600 bits per heavy atom. The molecular formula is C14H18Zr. The van der Waals surface area contributed by atoms with Gasteiger partial charge in [0.1, 0.15) is 0 Å². The Morgan fingerprint density at radius 2 is 0.533 bits per heavy atom. The van der Waals surface area contributed by atoms with E-state index in [0.717, 1.165) is 0 Å². The van der Waals surface area contributed by atoms with Crippen LogP contribution < -0.4 is 0 Å². The first-order chi connectivity index (χ1) is 6.83. The van der Waals surface area contributed by atoms with Gasteiger partial charge in [0.15, 0.2) is 0 Å². The summed E-state index contributed by atoms with van der Waals surface area (Å²) in [6.07, 6.45) is 19.0. The van der Waals surface area contributed by atoms with Crippen LogP contribution in [0.3, 0.4) is 0 Å². The number of rotatable bonds is 0. The van der Waals surface area contributed by atoms with Crippen LogP contribution in [-0.2, 0) is 26.2 Å². The number of hydrogen-bond acceptors (Lipinski definition) is 0. The maximum atomic E-state index is 3.25. The van der Waals surface area contributed by atoms with Crippen molar-refractivity contribution in [3.8, 4) is 0 Å². The minimum atomic E-state index is 0. The Hall–Kier alpha value is 0.883. The molecule has 0 nitrogen and oxygen atoms in total. The average Bonchev–Trinajstić information content (AvgIpc) is 2.04. The molecule has 0 N–H and O–H groups in total. The molecule has 0 aromatic rings. The molecule has 1 heteroatoms. The summed E-state index contributed by atoms with van der Waals surface area (Å²) in [5.41, 5.74) is 0. The Morgan fingerprint density at radius 1 is 0.467 bits per heavy atom. The Labute approximate surface area is 118 Å². The quantitative estimate of drug-likeness (QED) is 0.637. The van der Waals surface area contributed by atoms with Crippen LogP contribution in [-0.4, -0.2) is 0 Å². The van der Waals surface area contributed by atoms with Gasteiger partial charge in [0.2, 0.25) is 0 Å². The Bertz CT molecular complexity index is 45.7. The first-order valence-electron chi connectivity index (χ1n) is 4.30. The molecule has 1 aliphatic rings. The van der Waals surface area contributed by atoms with Crippen LogP contribution in [0.2, 0.25) is 0 Å². The van der Waals surface area contributed by atoms with Crippen molar-refractivity contribution in [2.75, 3.05) is 0 Å². The molecule has 1 aliphatic carbocycles. The number of hydrogen-bond donors (Lipinski definition) is 0. The van der Waals surface area contributed by atoms with Crippen LogP contribution in [0.25, 0.3) is 0 Å². The van der Waals surface area contributed by atoms with Gasteiger partial charge in [-0.05, 0) is 91.9 Å². The van der Waals surface area contributed by atoms with Crippen molar-refractivity contribution in [1.82, 2.24) is 0 Å². The van der Waals surface area contributed by atoms with E-state index in [4.69, 9.17) is 0 Å². The molecule has 0 aliphatic heterocycles. The molecule has 0 unspecified atom stereocenters. The SMILES string of the molecule is [CH2][CH][CH2].[CH2][CH][CH2].[CH]1[CH][CH][CH][CH][CH][CH][CH]1.[Zr]. The van der Waals surface area contributed by atoms with Crippen LogP contribution in [0.15, 0.2) is 0 Å². The summed E-state index contributed by atoms with van der Waals surface area (Å²) in [5.74, 6) is 0. The molecule has 1 saturated carbocycles. The third-order valence-corrected chi connectivity index (χ3v) is 0.889. The molecule has 14 radical (unpaired) electrons. The van der Waals surface area contributed by atoms with E-state index in [2.05, 4.69) is 27.7 Å². The van der Waals surface area contributed by atoms with Crippen molar-refractivity contribution in [2.24, 2.45) is 0 Å². The molecule has 0 atom stereocenters. The van der Waals surface area contributed by atoms with Crippen LogP contribution in [0.5, 0.6) is 0 Å². The molecule has 0 amide bonds. The molecule has 0 aromatic heterocycles. The van der Waals surface area contributed by atoms with Gasteiger partial charge in [-0.2, -0.15) is 0 Å². The third-order valence-electron chi connectivity index (χ3n) is 0.889. The predicted molar refractivity (Wildman–Crippen MR) is 64.4 cm³/mol. The molecule has 0 aromatic carbocycles. The zero-order valence-corrected chi connectivity index (χ0v) is 11.6. The van der Waals surface area contributed by atoms with Crippen molar-refractivity contribution < 1.29 is 26.2 Å². The van der Waals surface area contributed by atoms with Crippen LogP contribution >= 0.6 is 0 Å². The molecule has 0 spiro atoms. The molecule has 0 heterocycles. The van der Waals surface area contributed by atoms with Crippen LogP contribution in [0.4, 0.5) is 0 Å². The van der Waals surface area contributed by atoms with E-state index in [-0.39, 0.29) is 26.2 Å². The maximum absolute atomic E-state index is 3.25. The van der Waals surface area contributed by atoms with Gasteiger partial charge in [-0.25, -0.2) is 0 Å². The van der Waals surface area contributed by atoms with Crippen molar-refractivity contribution in [2.45, 2.75) is 0 Å². The fraction of sp³-hybridized carbons (Fsp3) is 0. The van der Waals surface area contributed by atoms with Gasteiger partial charge >= 0.3 is 0 Å². The minimum absolute atomic E-state index is 0. The van der Waals surface area contributed by atoms with Gasteiger partial charge in [-0.1, -0.05) is 0 Å². The van der Waals surface area contributed by atoms with Gasteiger partial charge in [0, 0.05) is 26.2 Å². The molecule has 0 saturated heterocycles. The van der Waals surface area contributed by atoms with Crippen molar-refractivity contribution in [1.29, 1.82) is 0 Å². The second-order valence-electron chi connectivity index (χ2n) is 2.12. The van der Waals surface area contributed by atoms with E-state index in [9.17, 15) is 0 Å². The molecule has 15 heavy (non-hydrogen) atoms. The van der Waals surface area contributed by atoms with Crippen molar-refractivity contribution >= 4 is 0 Å². The second-order valence-corrected chi connectivity index (χ2v) is 2.12. The standard InChI is InChI=1S/C8H8.2C3H5.Zr/c1-2-4-6-8-7-5-3-1;2*1-3-2;/h1-8H;2*3H,1-2H2;. The zero-order chi connectivity index (χ0) is 11.1.